The van der Waals surface area contributed by atoms with E-state index in [4.69, 9.17) is 0 Å². The molecule has 4 nitrogen and oxygen atoms in total. The maximum Gasteiger partial charge on any atom is 0.205 e. The number of halogens is 2. The van der Waals surface area contributed by atoms with E-state index in [1.54, 1.807) is 0 Å². The molecule has 0 radical (unpaired) electrons. The first-order valence-corrected chi connectivity index (χ1v) is 8.72. The number of hydrogen-bond donors (Lipinski definition) is 0. The number of aryl methyl sites for hydroxylation is 2. The molecule has 0 bridgehead atoms. The van der Waals surface area contributed by atoms with Crippen LogP contribution in [0.2, 0.25) is 0 Å². The molecule has 0 spiro atoms. The average Bonchev–Trinajstić information content (AvgIpc) is 3.14. The van der Waals surface area contributed by atoms with Crippen molar-refractivity contribution in [3.63, 3.8) is 0 Å². The molecule has 0 unspecified atom stereocenters. The second-order valence-electron chi connectivity index (χ2n) is 6.69. The highest BCUT2D eigenvalue weighted by Gasteiger charge is 2.47. The molecule has 1 aromatic carbocycles. The molecule has 0 amide bonds. The van der Waals surface area contributed by atoms with Crippen molar-refractivity contribution in [3.05, 3.63) is 41.2 Å². The molecule has 3 atom stereocenters. The summed E-state index contributed by atoms with van der Waals surface area (Å²) in [7, 11) is 2.27. The highest BCUT2D eigenvalue weighted by molar-refractivity contribution is 7.09. The van der Waals surface area contributed by atoms with Crippen molar-refractivity contribution in [2.24, 2.45) is 11.8 Å². The van der Waals surface area contributed by atoms with E-state index >= 15 is 0 Å². The number of aromatic nitrogens is 2. The summed E-state index contributed by atoms with van der Waals surface area (Å²) >= 11 is 1.54. The molecule has 3 heterocycles. The van der Waals surface area contributed by atoms with E-state index in [-0.39, 0.29) is 24.8 Å². The van der Waals surface area contributed by atoms with Crippen molar-refractivity contribution in [2.75, 3.05) is 31.6 Å². The third kappa shape index (κ3) is 3.27. The summed E-state index contributed by atoms with van der Waals surface area (Å²) in [5.41, 5.74) is 2.90. The zero-order valence-corrected chi connectivity index (χ0v) is 16.6. The fraction of sp³-hybridized carbons (Fsp3) is 0.529. The molecule has 2 saturated heterocycles. The van der Waals surface area contributed by atoms with Crippen LogP contribution < -0.4 is 4.90 Å². The van der Waals surface area contributed by atoms with Crippen LogP contribution in [0.25, 0.3) is 0 Å². The standard InChI is InChI=1S/C17H22N4S.2ClH/c1-11-6-4-5-7-14(11)16-15-10-21(9-13(15)8-20(16)3)17-18-12(2)19-22-17;;/h4-7,13,15-16H,8-10H2,1-3H3;2*1H/t13-,15+,16-;;/m0../s1. The molecule has 2 aliphatic heterocycles. The van der Waals surface area contributed by atoms with Crippen LogP contribution in [0.1, 0.15) is 23.0 Å². The molecule has 7 heteroatoms. The predicted octanol–water partition coefficient (Wildman–Crippen LogP) is 3.74. The van der Waals surface area contributed by atoms with Gasteiger partial charge in [-0.25, -0.2) is 4.98 Å². The Morgan fingerprint density at radius 1 is 1.08 bits per heavy atom. The molecule has 132 valence electrons. The zero-order valence-electron chi connectivity index (χ0n) is 14.2. The minimum absolute atomic E-state index is 0. The molecule has 2 aliphatic rings. The summed E-state index contributed by atoms with van der Waals surface area (Å²) in [4.78, 5) is 9.56. The van der Waals surface area contributed by atoms with Crippen LogP contribution >= 0.6 is 36.3 Å². The van der Waals surface area contributed by atoms with Gasteiger partial charge in [0.2, 0.25) is 5.13 Å². The van der Waals surface area contributed by atoms with Crippen LogP contribution in [0.5, 0.6) is 0 Å². The maximum atomic E-state index is 4.57. The van der Waals surface area contributed by atoms with Crippen molar-refractivity contribution in [1.82, 2.24) is 14.3 Å². The number of anilines is 1. The fourth-order valence-electron chi connectivity index (χ4n) is 4.22. The summed E-state index contributed by atoms with van der Waals surface area (Å²) in [6, 6.07) is 9.37. The maximum absolute atomic E-state index is 4.57. The molecular weight excluding hydrogens is 363 g/mol. The van der Waals surface area contributed by atoms with Gasteiger partial charge in [0.25, 0.3) is 0 Å². The summed E-state index contributed by atoms with van der Waals surface area (Å²) in [6.07, 6.45) is 0. The van der Waals surface area contributed by atoms with Gasteiger partial charge >= 0.3 is 0 Å². The summed E-state index contributed by atoms with van der Waals surface area (Å²) in [5.74, 6) is 2.32. The average molecular weight is 387 g/mol. The Hall–Kier alpha value is -0.880. The van der Waals surface area contributed by atoms with E-state index in [0.29, 0.717) is 12.0 Å². The van der Waals surface area contributed by atoms with Gasteiger partial charge in [-0.3, -0.25) is 4.90 Å². The predicted molar refractivity (Wildman–Crippen MR) is 105 cm³/mol. The van der Waals surface area contributed by atoms with Gasteiger partial charge in [-0.1, -0.05) is 24.3 Å². The molecule has 4 rings (SSSR count). The number of hydrogen-bond acceptors (Lipinski definition) is 5. The number of rotatable bonds is 2. The molecule has 1 aromatic heterocycles. The van der Waals surface area contributed by atoms with E-state index in [1.165, 1.54) is 29.2 Å². The lowest BCUT2D eigenvalue weighted by Crippen LogP contribution is -2.29. The molecule has 2 fully saturated rings. The molecular formula is C17H24Cl2N4S. The fourth-order valence-corrected chi connectivity index (χ4v) is 4.91. The van der Waals surface area contributed by atoms with Crippen LogP contribution in [-0.4, -0.2) is 40.9 Å². The topological polar surface area (TPSA) is 32.3 Å². The lowest BCUT2D eigenvalue weighted by molar-refractivity contribution is 0.279. The van der Waals surface area contributed by atoms with Crippen molar-refractivity contribution >= 4 is 41.5 Å². The lowest BCUT2D eigenvalue weighted by atomic mass is 9.88. The normalized spacial score (nSPS) is 26.0. The van der Waals surface area contributed by atoms with Gasteiger partial charge in [0.15, 0.2) is 0 Å². The summed E-state index contributed by atoms with van der Waals surface area (Å²) in [5, 5.41) is 1.10. The SMILES string of the molecule is Cc1nsc(N2C[C@@H]3CN(C)[C@@H](c4ccccc4C)[C@@H]3C2)n1.Cl.Cl. The van der Waals surface area contributed by atoms with Crippen LogP contribution in [0.15, 0.2) is 24.3 Å². The summed E-state index contributed by atoms with van der Waals surface area (Å²) < 4.78 is 4.34. The Bertz CT molecular complexity index is 693. The van der Waals surface area contributed by atoms with Crippen LogP contribution in [0.3, 0.4) is 0 Å². The molecule has 0 saturated carbocycles. The van der Waals surface area contributed by atoms with Gasteiger partial charge in [-0.05, 0) is 37.9 Å². The Labute approximate surface area is 160 Å². The number of benzene rings is 1. The third-order valence-electron chi connectivity index (χ3n) is 5.19. The van der Waals surface area contributed by atoms with Crippen LogP contribution in [0, 0.1) is 25.7 Å². The zero-order chi connectivity index (χ0) is 15.3. The second kappa shape index (κ2) is 7.56. The monoisotopic (exact) mass is 386 g/mol. The Morgan fingerprint density at radius 3 is 2.50 bits per heavy atom. The molecule has 0 N–H and O–H groups in total. The van der Waals surface area contributed by atoms with E-state index < -0.39 is 0 Å². The first-order chi connectivity index (χ1) is 10.6. The smallest absolute Gasteiger partial charge is 0.205 e. The van der Waals surface area contributed by atoms with E-state index in [2.05, 4.69) is 57.4 Å². The molecule has 2 aromatic rings. The highest BCUT2D eigenvalue weighted by Crippen LogP contribution is 2.45. The van der Waals surface area contributed by atoms with Gasteiger partial charge in [0, 0.05) is 43.1 Å². The van der Waals surface area contributed by atoms with E-state index in [9.17, 15) is 0 Å². The quantitative estimate of drug-likeness (QED) is 0.786. The summed E-state index contributed by atoms with van der Waals surface area (Å²) in [6.45, 7) is 7.60. The lowest BCUT2D eigenvalue weighted by Gasteiger charge is -2.27. The van der Waals surface area contributed by atoms with Crippen molar-refractivity contribution in [1.29, 1.82) is 0 Å². The van der Waals surface area contributed by atoms with Gasteiger partial charge in [0.05, 0.1) is 0 Å². The van der Waals surface area contributed by atoms with Gasteiger partial charge in [-0.15, -0.1) is 24.8 Å². The second-order valence-corrected chi connectivity index (χ2v) is 7.42. The van der Waals surface area contributed by atoms with Crippen LogP contribution in [-0.2, 0) is 0 Å². The molecule has 24 heavy (non-hydrogen) atoms. The Kier molecular flexibility index (Phi) is 6.13. The third-order valence-corrected chi connectivity index (χ3v) is 6.06. The van der Waals surface area contributed by atoms with E-state index in [0.717, 1.165) is 30.0 Å². The Balaban J connectivity index is 0.00000104. The van der Waals surface area contributed by atoms with Gasteiger partial charge < -0.3 is 4.90 Å². The van der Waals surface area contributed by atoms with Crippen molar-refractivity contribution in [2.45, 2.75) is 19.9 Å². The first kappa shape index (κ1) is 19.4. The largest absolute Gasteiger partial charge is 0.346 e. The van der Waals surface area contributed by atoms with Gasteiger partial charge in [-0.2, -0.15) is 4.37 Å². The number of fused-ring (bicyclic) bond motifs is 1. The van der Waals surface area contributed by atoms with E-state index in [1.807, 2.05) is 6.92 Å². The van der Waals surface area contributed by atoms with Gasteiger partial charge in [0.1, 0.15) is 5.82 Å². The molecule has 0 aliphatic carbocycles. The highest BCUT2D eigenvalue weighted by atomic mass is 35.5. The number of likely N-dealkylation sites (tertiary alicyclic amines) is 1. The van der Waals surface area contributed by atoms with Crippen molar-refractivity contribution in [3.8, 4) is 0 Å². The van der Waals surface area contributed by atoms with Crippen LogP contribution in [0.4, 0.5) is 5.13 Å². The minimum Gasteiger partial charge on any atom is -0.346 e. The first-order valence-electron chi connectivity index (χ1n) is 7.94. The Morgan fingerprint density at radius 2 is 1.83 bits per heavy atom. The van der Waals surface area contributed by atoms with Crippen molar-refractivity contribution < 1.29 is 0 Å². The number of nitrogens with zero attached hydrogens (tertiary/aromatic N) is 4. The minimum atomic E-state index is 0.